The highest BCUT2D eigenvalue weighted by atomic mass is 19.4. The number of aromatic nitrogens is 4. The van der Waals surface area contributed by atoms with Gasteiger partial charge >= 0.3 is 6.18 Å². The molecule has 2 aromatic heterocycles. The number of amides is 1. The standard InChI is InChI=1S/C22H27F3N6O/c1-4-30(17-9-6-5-7-10-17)14-8-13-26-19(32)12-11-18-15(2)27-21-28-20(22(23,24)25)29-31(21)16(18)3/h5-7,9-10H,4,8,11-14H2,1-3H3,(H,26,32). The predicted molar refractivity (Wildman–Crippen MR) is 116 cm³/mol. The van der Waals surface area contributed by atoms with E-state index < -0.39 is 12.0 Å². The first-order valence-corrected chi connectivity index (χ1v) is 10.6. The van der Waals surface area contributed by atoms with Crippen LogP contribution in [0.3, 0.4) is 0 Å². The summed E-state index contributed by atoms with van der Waals surface area (Å²) in [6.45, 7) is 7.71. The molecular formula is C22H27F3N6O. The van der Waals surface area contributed by atoms with Crippen molar-refractivity contribution in [1.29, 1.82) is 0 Å². The van der Waals surface area contributed by atoms with Crippen molar-refractivity contribution in [3.05, 3.63) is 53.1 Å². The summed E-state index contributed by atoms with van der Waals surface area (Å²) in [6, 6.07) is 10.1. The minimum absolute atomic E-state index is 0.0978. The molecule has 0 radical (unpaired) electrons. The normalized spacial score (nSPS) is 11.7. The summed E-state index contributed by atoms with van der Waals surface area (Å²) >= 11 is 0. The molecule has 3 aromatic rings. The molecule has 0 bridgehead atoms. The maximum Gasteiger partial charge on any atom is 0.453 e. The third kappa shape index (κ3) is 5.54. The molecule has 3 rings (SSSR count). The monoisotopic (exact) mass is 448 g/mol. The lowest BCUT2D eigenvalue weighted by atomic mass is 10.1. The summed E-state index contributed by atoms with van der Waals surface area (Å²) in [5, 5.41) is 6.45. The summed E-state index contributed by atoms with van der Waals surface area (Å²) < 4.78 is 39.8. The van der Waals surface area contributed by atoms with Gasteiger partial charge in [-0.25, -0.2) is 9.50 Å². The fourth-order valence-corrected chi connectivity index (χ4v) is 3.62. The molecule has 0 unspecified atom stereocenters. The number of para-hydroxylation sites is 1. The van der Waals surface area contributed by atoms with E-state index in [1.165, 1.54) is 0 Å². The van der Waals surface area contributed by atoms with Crippen molar-refractivity contribution in [2.24, 2.45) is 0 Å². The number of anilines is 1. The Morgan fingerprint density at radius 1 is 1.16 bits per heavy atom. The van der Waals surface area contributed by atoms with E-state index in [4.69, 9.17) is 0 Å². The van der Waals surface area contributed by atoms with Gasteiger partial charge in [0.2, 0.25) is 5.91 Å². The van der Waals surface area contributed by atoms with Crippen molar-refractivity contribution in [3.8, 4) is 0 Å². The number of alkyl halides is 3. The zero-order valence-electron chi connectivity index (χ0n) is 18.4. The first-order valence-electron chi connectivity index (χ1n) is 10.6. The van der Waals surface area contributed by atoms with Crippen LogP contribution in [0.2, 0.25) is 0 Å². The Morgan fingerprint density at radius 2 is 1.88 bits per heavy atom. The van der Waals surface area contributed by atoms with Crippen LogP contribution >= 0.6 is 0 Å². The van der Waals surface area contributed by atoms with Gasteiger partial charge in [-0.1, -0.05) is 18.2 Å². The summed E-state index contributed by atoms with van der Waals surface area (Å²) in [5.41, 5.74) is 2.90. The number of carbonyl (C=O) groups is 1. The molecule has 1 N–H and O–H groups in total. The maximum atomic E-state index is 12.9. The molecule has 0 saturated carbocycles. The van der Waals surface area contributed by atoms with Crippen LogP contribution in [0.4, 0.5) is 18.9 Å². The van der Waals surface area contributed by atoms with Gasteiger partial charge in [-0.3, -0.25) is 4.79 Å². The Labute approximate surface area is 184 Å². The number of hydrogen-bond donors (Lipinski definition) is 1. The minimum Gasteiger partial charge on any atom is -0.372 e. The van der Waals surface area contributed by atoms with Crippen molar-refractivity contribution in [3.63, 3.8) is 0 Å². The third-order valence-corrected chi connectivity index (χ3v) is 5.33. The van der Waals surface area contributed by atoms with Crippen molar-refractivity contribution >= 4 is 17.4 Å². The maximum absolute atomic E-state index is 12.9. The lowest BCUT2D eigenvalue weighted by Gasteiger charge is -2.23. The number of rotatable bonds is 9. The molecule has 32 heavy (non-hydrogen) atoms. The van der Waals surface area contributed by atoms with Gasteiger partial charge in [0.25, 0.3) is 11.6 Å². The number of nitrogens with zero attached hydrogens (tertiary/aromatic N) is 5. The Bertz CT molecular complexity index is 1060. The van der Waals surface area contributed by atoms with E-state index in [0.29, 0.717) is 29.9 Å². The molecule has 1 amide bonds. The van der Waals surface area contributed by atoms with Gasteiger partial charge in [-0.2, -0.15) is 18.2 Å². The van der Waals surface area contributed by atoms with E-state index in [1.54, 1.807) is 13.8 Å². The largest absolute Gasteiger partial charge is 0.453 e. The Balaban J connectivity index is 1.53. The van der Waals surface area contributed by atoms with Crippen molar-refractivity contribution in [1.82, 2.24) is 24.9 Å². The van der Waals surface area contributed by atoms with Crippen molar-refractivity contribution in [2.75, 3.05) is 24.5 Å². The van der Waals surface area contributed by atoms with Gasteiger partial charge in [0.15, 0.2) is 0 Å². The van der Waals surface area contributed by atoms with Gasteiger partial charge in [0.1, 0.15) is 0 Å². The minimum atomic E-state index is -4.64. The van der Waals surface area contributed by atoms with Gasteiger partial charge in [-0.15, -0.1) is 5.10 Å². The highest BCUT2D eigenvalue weighted by Crippen LogP contribution is 2.27. The molecule has 2 heterocycles. The molecule has 10 heteroatoms. The van der Waals surface area contributed by atoms with Gasteiger partial charge in [0.05, 0.1) is 0 Å². The second-order valence-corrected chi connectivity index (χ2v) is 7.52. The van der Waals surface area contributed by atoms with Crippen LogP contribution in [-0.4, -0.2) is 45.1 Å². The summed E-state index contributed by atoms with van der Waals surface area (Å²) in [6.07, 6.45) is -3.26. The molecule has 0 aliphatic rings. The Hall–Kier alpha value is -3.17. The highest BCUT2D eigenvalue weighted by molar-refractivity contribution is 5.76. The zero-order chi connectivity index (χ0) is 23.3. The van der Waals surface area contributed by atoms with Crippen LogP contribution < -0.4 is 10.2 Å². The fourth-order valence-electron chi connectivity index (χ4n) is 3.62. The van der Waals surface area contributed by atoms with Crippen LogP contribution in [0.1, 0.15) is 42.5 Å². The number of fused-ring (bicyclic) bond motifs is 1. The number of hydrogen-bond acceptors (Lipinski definition) is 5. The first kappa shape index (κ1) is 23.5. The van der Waals surface area contributed by atoms with Crippen molar-refractivity contribution in [2.45, 2.75) is 46.2 Å². The van der Waals surface area contributed by atoms with Crippen LogP contribution in [0.25, 0.3) is 5.78 Å². The first-order chi connectivity index (χ1) is 15.2. The van der Waals surface area contributed by atoms with Crippen LogP contribution in [-0.2, 0) is 17.4 Å². The molecular weight excluding hydrogens is 421 g/mol. The highest BCUT2D eigenvalue weighted by Gasteiger charge is 2.36. The number of aryl methyl sites for hydroxylation is 2. The second-order valence-electron chi connectivity index (χ2n) is 7.52. The van der Waals surface area contributed by atoms with Crippen LogP contribution in [0.5, 0.6) is 0 Å². The molecule has 1 aromatic carbocycles. The van der Waals surface area contributed by atoms with Crippen LogP contribution in [0.15, 0.2) is 30.3 Å². The van der Waals surface area contributed by atoms with Crippen LogP contribution in [0, 0.1) is 13.8 Å². The molecule has 7 nitrogen and oxygen atoms in total. The average Bonchev–Trinajstić information content (AvgIpc) is 3.19. The van der Waals surface area contributed by atoms with Gasteiger partial charge < -0.3 is 10.2 Å². The predicted octanol–water partition coefficient (Wildman–Crippen LogP) is 3.73. The molecule has 0 fully saturated rings. The number of carbonyl (C=O) groups excluding carboxylic acids is 1. The van der Waals surface area contributed by atoms with Gasteiger partial charge in [-0.05, 0) is 51.3 Å². The van der Waals surface area contributed by atoms with E-state index in [0.717, 1.165) is 29.7 Å². The lowest BCUT2D eigenvalue weighted by Crippen LogP contribution is -2.30. The topological polar surface area (TPSA) is 75.4 Å². The average molecular weight is 448 g/mol. The van der Waals surface area contributed by atoms with E-state index in [9.17, 15) is 18.0 Å². The molecule has 0 aliphatic heterocycles. The SMILES string of the molecule is CCN(CCCNC(=O)CCc1c(C)nc2nc(C(F)(F)F)nn2c1C)c1ccccc1. The molecule has 0 aliphatic carbocycles. The van der Waals surface area contributed by atoms with E-state index in [-0.39, 0.29) is 18.1 Å². The molecule has 0 saturated heterocycles. The second kappa shape index (κ2) is 9.97. The number of benzene rings is 1. The Kier molecular flexibility index (Phi) is 7.32. The summed E-state index contributed by atoms with van der Waals surface area (Å²) in [7, 11) is 0. The zero-order valence-corrected chi connectivity index (χ0v) is 18.4. The molecule has 0 atom stereocenters. The van der Waals surface area contributed by atoms with Crippen molar-refractivity contribution < 1.29 is 18.0 Å². The third-order valence-electron chi connectivity index (χ3n) is 5.33. The number of halogens is 3. The molecule has 0 spiro atoms. The Morgan fingerprint density at radius 3 is 2.53 bits per heavy atom. The number of nitrogens with one attached hydrogen (secondary N) is 1. The molecule has 172 valence electrons. The van der Waals surface area contributed by atoms with Gasteiger partial charge in [0, 0.05) is 43.1 Å². The summed E-state index contributed by atoms with van der Waals surface area (Å²) in [5.74, 6) is -1.43. The summed E-state index contributed by atoms with van der Waals surface area (Å²) in [4.78, 5) is 22.1. The lowest BCUT2D eigenvalue weighted by molar-refractivity contribution is -0.144. The fraction of sp³-hybridized carbons (Fsp3) is 0.455. The van der Waals surface area contributed by atoms with E-state index in [1.807, 2.05) is 18.2 Å². The quantitative estimate of drug-likeness (QED) is 0.505. The smallest absolute Gasteiger partial charge is 0.372 e. The van der Waals surface area contributed by atoms with E-state index in [2.05, 4.69) is 44.3 Å². The van der Waals surface area contributed by atoms with E-state index >= 15 is 0 Å².